The molecule has 0 bridgehead atoms. The van der Waals surface area contributed by atoms with Crippen LogP contribution in [-0.2, 0) is 5.41 Å². The highest BCUT2D eigenvalue weighted by Gasteiger charge is 2.13. The lowest BCUT2D eigenvalue weighted by Gasteiger charge is -2.18. The Morgan fingerprint density at radius 2 is 1.88 bits per heavy atom. The Morgan fingerprint density at radius 1 is 1.31 bits per heavy atom. The first-order valence-electron chi connectivity index (χ1n) is 5.45. The zero-order chi connectivity index (χ0) is 12.2. The third-order valence-electron chi connectivity index (χ3n) is 2.42. The van der Waals surface area contributed by atoms with Gasteiger partial charge in [-0.2, -0.15) is 0 Å². The number of rotatable bonds is 3. The molecule has 0 heterocycles. The lowest BCUT2D eigenvalue weighted by atomic mass is 9.87. The highest BCUT2D eigenvalue weighted by atomic mass is 16.1. The van der Waals surface area contributed by atoms with E-state index in [1.165, 1.54) is 5.56 Å². The zero-order valence-electron chi connectivity index (χ0n) is 10.2. The van der Waals surface area contributed by atoms with Crippen LogP contribution in [0.1, 0.15) is 36.7 Å². The molecule has 0 fully saturated rings. The molecule has 0 aliphatic carbocycles. The van der Waals surface area contributed by atoms with Gasteiger partial charge in [0.05, 0.1) is 0 Å². The minimum Gasteiger partial charge on any atom is -0.349 e. The number of nitrogens with one attached hydrogen (secondary N) is 1. The Morgan fingerprint density at radius 3 is 2.31 bits per heavy atom. The summed E-state index contributed by atoms with van der Waals surface area (Å²) in [7, 11) is 0. The van der Waals surface area contributed by atoms with Crippen LogP contribution in [0.5, 0.6) is 0 Å². The summed E-state index contributed by atoms with van der Waals surface area (Å²) in [5, 5.41) is 2.75. The van der Waals surface area contributed by atoms with Gasteiger partial charge in [-0.15, -0.1) is 6.58 Å². The second-order valence-corrected chi connectivity index (χ2v) is 4.83. The molecule has 1 aromatic carbocycles. The molecule has 0 saturated heterocycles. The lowest BCUT2D eigenvalue weighted by Crippen LogP contribution is -2.23. The minimum atomic E-state index is -0.0552. The molecule has 2 nitrogen and oxygen atoms in total. The SMILES string of the molecule is C=CCNC(=O)c1ccc(C(C)(C)C)cc1. The molecule has 1 rings (SSSR count). The van der Waals surface area contributed by atoms with Crippen molar-refractivity contribution in [2.75, 3.05) is 6.54 Å². The fourth-order valence-electron chi connectivity index (χ4n) is 1.39. The molecule has 16 heavy (non-hydrogen) atoms. The summed E-state index contributed by atoms with van der Waals surface area (Å²) in [6.45, 7) is 10.5. The van der Waals surface area contributed by atoms with Gasteiger partial charge in [0, 0.05) is 12.1 Å². The molecule has 0 unspecified atom stereocenters. The van der Waals surface area contributed by atoms with E-state index in [1.54, 1.807) is 6.08 Å². The second kappa shape index (κ2) is 4.97. The van der Waals surface area contributed by atoms with E-state index in [-0.39, 0.29) is 11.3 Å². The summed E-state index contributed by atoms with van der Waals surface area (Å²) in [5.74, 6) is -0.0552. The quantitative estimate of drug-likeness (QED) is 0.775. The van der Waals surface area contributed by atoms with Crippen LogP contribution < -0.4 is 5.32 Å². The first-order chi connectivity index (χ1) is 7.45. The van der Waals surface area contributed by atoms with E-state index >= 15 is 0 Å². The predicted octanol–water partition coefficient (Wildman–Crippen LogP) is 2.90. The maximum Gasteiger partial charge on any atom is 0.251 e. The van der Waals surface area contributed by atoms with Crippen molar-refractivity contribution in [3.8, 4) is 0 Å². The summed E-state index contributed by atoms with van der Waals surface area (Å²) >= 11 is 0. The van der Waals surface area contributed by atoms with E-state index in [9.17, 15) is 4.79 Å². The van der Waals surface area contributed by atoms with Crippen molar-refractivity contribution in [1.29, 1.82) is 0 Å². The normalized spacial score (nSPS) is 10.9. The van der Waals surface area contributed by atoms with Crippen LogP contribution in [-0.4, -0.2) is 12.5 Å². The number of carbonyl (C=O) groups is 1. The topological polar surface area (TPSA) is 29.1 Å². The van der Waals surface area contributed by atoms with Gasteiger partial charge >= 0.3 is 0 Å². The van der Waals surface area contributed by atoms with Gasteiger partial charge < -0.3 is 5.32 Å². The molecular weight excluding hydrogens is 198 g/mol. The molecule has 0 atom stereocenters. The van der Waals surface area contributed by atoms with Gasteiger partial charge in [-0.1, -0.05) is 39.0 Å². The summed E-state index contributed by atoms with van der Waals surface area (Å²) in [5.41, 5.74) is 2.04. The number of amides is 1. The number of carbonyl (C=O) groups excluding carboxylic acids is 1. The minimum absolute atomic E-state index is 0.0552. The van der Waals surface area contributed by atoms with Gasteiger partial charge in [-0.05, 0) is 23.1 Å². The predicted molar refractivity (Wildman–Crippen MR) is 67.7 cm³/mol. The molecule has 1 N–H and O–H groups in total. The van der Waals surface area contributed by atoms with E-state index in [0.29, 0.717) is 12.1 Å². The Bertz CT molecular complexity index is 371. The molecule has 1 aromatic rings. The number of benzene rings is 1. The standard InChI is InChI=1S/C14H19NO/c1-5-10-15-13(16)11-6-8-12(9-7-11)14(2,3)4/h5-9H,1,10H2,2-4H3,(H,15,16). The monoisotopic (exact) mass is 217 g/mol. The van der Waals surface area contributed by atoms with E-state index in [1.807, 2.05) is 24.3 Å². The Hall–Kier alpha value is -1.57. The largest absolute Gasteiger partial charge is 0.349 e. The first kappa shape index (κ1) is 12.5. The van der Waals surface area contributed by atoms with Crippen molar-refractivity contribution < 1.29 is 4.79 Å². The van der Waals surface area contributed by atoms with Crippen LogP contribution in [0.3, 0.4) is 0 Å². The Labute approximate surface area is 97.4 Å². The summed E-state index contributed by atoms with van der Waals surface area (Å²) in [6, 6.07) is 7.73. The van der Waals surface area contributed by atoms with Crippen LogP contribution in [0.4, 0.5) is 0 Å². The molecule has 0 radical (unpaired) electrons. The lowest BCUT2D eigenvalue weighted by molar-refractivity contribution is 0.0958. The molecular formula is C14H19NO. The smallest absolute Gasteiger partial charge is 0.251 e. The maximum absolute atomic E-state index is 11.6. The van der Waals surface area contributed by atoms with E-state index < -0.39 is 0 Å². The number of hydrogen-bond acceptors (Lipinski definition) is 1. The zero-order valence-corrected chi connectivity index (χ0v) is 10.2. The van der Waals surface area contributed by atoms with Crippen molar-refractivity contribution in [2.45, 2.75) is 26.2 Å². The van der Waals surface area contributed by atoms with Crippen molar-refractivity contribution in [3.63, 3.8) is 0 Å². The van der Waals surface area contributed by atoms with Crippen LogP contribution in [0.2, 0.25) is 0 Å². The summed E-state index contributed by atoms with van der Waals surface area (Å²) < 4.78 is 0. The highest BCUT2D eigenvalue weighted by molar-refractivity contribution is 5.94. The third-order valence-corrected chi connectivity index (χ3v) is 2.42. The summed E-state index contributed by atoms with van der Waals surface area (Å²) in [6.07, 6.45) is 1.67. The van der Waals surface area contributed by atoms with Crippen LogP contribution in [0.25, 0.3) is 0 Å². The Balaban J connectivity index is 2.79. The van der Waals surface area contributed by atoms with Gasteiger partial charge in [0.2, 0.25) is 0 Å². The van der Waals surface area contributed by atoms with Crippen molar-refractivity contribution in [2.24, 2.45) is 0 Å². The Kier molecular flexibility index (Phi) is 3.88. The maximum atomic E-state index is 11.6. The van der Waals surface area contributed by atoms with Crippen LogP contribution >= 0.6 is 0 Å². The molecule has 0 spiro atoms. The molecule has 0 aliphatic rings. The molecule has 86 valence electrons. The molecule has 0 aromatic heterocycles. The molecule has 2 heteroatoms. The summed E-state index contributed by atoms with van der Waals surface area (Å²) in [4.78, 5) is 11.6. The number of hydrogen-bond donors (Lipinski definition) is 1. The van der Waals surface area contributed by atoms with Gasteiger partial charge in [-0.3, -0.25) is 4.79 Å². The second-order valence-electron chi connectivity index (χ2n) is 4.83. The molecule has 1 amide bonds. The third kappa shape index (κ3) is 3.23. The average Bonchev–Trinajstić information content (AvgIpc) is 2.25. The van der Waals surface area contributed by atoms with Crippen LogP contribution in [0, 0.1) is 0 Å². The van der Waals surface area contributed by atoms with E-state index in [2.05, 4.69) is 32.7 Å². The van der Waals surface area contributed by atoms with Crippen LogP contribution in [0.15, 0.2) is 36.9 Å². The van der Waals surface area contributed by atoms with Gasteiger partial charge in [0.25, 0.3) is 5.91 Å². The van der Waals surface area contributed by atoms with Crippen molar-refractivity contribution in [1.82, 2.24) is 5.32 Å². The van der Waals surface area contributed by atoms with Gasteiger partial charge in [0.1, 0.15) is 0 Å². The van der Waals surface area contributed by atoms with Gasteiger partial charge in [-0.25, -0.2) is 0 Å². The van der Waals surface area contributed by atoms with Crippen molar-refractivity contribution in [3.05, 3.63) is 48.0 Å². The first-order valence-corrected chi connectivity index (χ1v) is 5.45. The molecule has 0 saturated carbocycles. The highest BCUT2D eigenvalue weighted by Crippen LogP contribution is 2.22. The molecule has 0 aliphatic heterocycles. The van der Waals surface area contributed by atoms with Gasteiger partial charge in [0.15, 0.2) is 0 Å². The average molecular weight is 217 g/mol. The fraction of sp³-hybridized carbons (Fsp3) is 0.357. The van der Waals surface area contributed by atoms with Crippen molar-refractivity contribution >= 4 is 5.91 Å². The van der Waals surface area contributed by atoms with E-state index in [4.69, 9.17) is 0 Å². The van der Waals surface area contributed by atoms with E-state index in [0.717, 1.165) is 0 Å². The fourth-order valence-corrected chi connectivity index (χ4v) is 1.39.